The first-order valence-corrected chi connectivity index (χ1v) is 8.90. The van der Waals surface area contributed by atoms with Gasteiger partial charge < -0.3 is 15.4 Å². The Morgan fingerprint density at radius 1 is 1.23 bits per heavy atom. The van der Waals surface area contributed by atoms with Crippen LogP contribution in [-0.2, 0) is 4.79 Å². The minimum atomic E-state index is -0.0511. The van der Waals surface area contributed by atoms with Crippen molar-refractivity contribution in [3.8, 4) is 5.75 Å². The highest BCUT2D eigenvalue weighted by molar-refractivity contribution is 9.10. The molecule has 0 radical (unpaired) electrons. The Kier molecular flexibility index (Phi) is 5.37. The zero-order valence-corrected chi connectivity index (χ0v) is 16.3. The molecule has 1 aromatic heterocycles. The van der Waals surface area contributed by atoms with Gasteiger partial charge in [-0.2, -0.15) is 0 Å². The minimum absolute atomic E-state index is 0.0406. The van der Waals surface area contributed by atoms with Crippen molar-refractivity contribution < 1.29 is 9.53 Å². The summed E-state index contributed by atoms with van der Waals surface area (Å²) in [5, 5.41) is 6.95. The second kappa shape index (κ2) is 7.70. The number of ether oxygens (including phenoxy) is 1. The lowest BCUT2D eigenvalue weighted by molar-refractivity contribution is -0.119. The third-order valence-corrected chi connectivity index (χ3v) is 4.38. The molecule has 0 aliphatic heterocycles. The topological polar surface area (TPSA) is 76.1 Å². The van der Waals surface area contributed by atoms with E-state index in [0.29, 0.717) is 11.7 Å². The fourth-order valence-corrected chi connectivity index (χ4v) is 3.12. The summed E-state index contributed by atoms with van der Waals surface area (Å²) in [6, 6.07) is 11.6. The zero-order valence-electron chi connectivity index (χ0n) is 14.7. The van der Waals surface area contributed by atoms with Crippen molar-refractivity contribution in [2.24, 2.45) is 0 Å². The summed E-state index contributed by atoms with van der Waals surface area (Å²) < 4.78 is 6.32. The minimum Gasteiger partial charge on any atom is -0.494 e. The van der Waals surface area contributed by atoms with E-state index < -0.39 is 0 Å². The number of nitrogens with one attached hydrogen (secondary N) is 2. The number of nitrogens with zero attached hydrogens (tertiary/aromatic N) is 2. The smallest absolute Gasteiger partial charge is 0.227 e. The standard InChI is InChI=1S/C19H19BrN4O2/c1-11(22-12(2)25)13-4-6-16(7-5-13)23-19-21-10-14-8-15(20)9-17(26-3)18(14)24-19/h4-11H,1-3H3,(H,22,25)(H,21,23,24)/t11-/m1/s1. The van der Waals surface area contributed by atoms with Crippen LogP contribution in [0.3, 0.4) is 0 Å². The molecule has 1 heterocycles. The lowest BCUT2D eigenvalue weighted by Crippen LogP contribution is -2.23. The lowest BCUT2D eigenvalue weighted by atomic mass is 10.1. The number of hydrogen-bond donors (Lipinski definition) is 2. The summed E-state index contributed by atoms with van der Waals surface area (Å²) in [7, 11) is 1.62. The van der Waals surface area contributed by atoms with Crippen LogP contribution in [0.5, 0.6) is 5.75 Å². The number of benzene rings is 2. The van der Waals surface area contributed by atoms with Crippen molar-refractivity contribution in [2.75, 3.05) is 12.4 Å². The van der Waals surface area contributed by atoms with Crippen molar-refractivity contribution in [3.05, 3.63) is 52.6 Å². The van der Waals surface area contributed by atoms with Crippen LogP contribution >= 0.6 is 15.9 Å². The van der Waals surface area contributed by atoms with E-state index in [1.807, 2.05) is 43.3 Å². The van der Waals surface area contributed by atoms with Crippen LogP contribution in [0, 0.1) is 0 Å². The van der Waals surface area contributed by atoms with Gasteiger partial charge in [0.25, 0.3) is 0 Å². The largest absolute Gasteiger partial charge is 0.494 e. The van der Waals surface area contributed by atoms with E-state index in [1.165, 1.54) is 6.92 Å². The molecule has 3 aromatic rings. The van der Waals surface area contributed by atoms with Gasteiger partial charge in [-0.3, -0.25) is 4.79 Å². The molecule has 1 atom stereocenters. The molecule has 3 rings (SSSR count). The van der Waals surface area contributed by atoms with Crippen LogP contribution in [-0.4, -0.2) is 23.0 Å². The van der Waals surface area contributed by atoms with Crippen LogP contribution in [0.25, 0.3) is 10.9 Å². The van der Waals surface area contributed by atoms with Crippen LogP contribution in [0.2, 0.25) is 0 Å². The number of carbonyl (C=O) groups excluding carboxylic acids is 1. The summed E-state index contributed by atoms with van der Waals surface area (Å²) >= 11 is 3.45. The first kappa shape index (κ1) is 18.1. The third kappa shape index (κ3) is 4.11. The maximum Gasteiger partial charge on any atom is 0.227 e. The van der Waals surface area contributed by atoms with Gasteiger partial charge in [-0.1, -0.05) is 28.1 Å². The third-order valence-electron chi connectivity index (χ3n) is 3.92. The molecule has 0 fully saturated rings. The Bertz CT molecular complexity index is 944. The molecule has 6 nitrogen and oxygen atoms in total. The molecular weight excluding hydrogens is 396 g/mol. The van der Waals surface area contributed by atoms with Crippen LogP contribution in [0.4, 0.5) is 11.6 Å². The molecule has 0 saturated heterocycles. The molecule has 26 heavy (non-hydrogen) atoms. The average Bonchev–Trinajstić information content (AvgIpc) is 2.61. The molecule has 0 saturated carbocycles. The second-order valence-corrected chi connectivity index (χ2v) is 6.82. The first-order chi connectivity index (χ1) is 12.5. The number of carbonyl (C=O) groups is 1. The van der Waals surface area contributed by atoms with E-state index in [1.54, 1.807) is 13.3 Å². The Balaban J connectivity index is 1.82. The van der Waals surface area contributed by atoms with Crippen molar-refractivity contribution in [1.29, 1.82) is 0 Å². The quantitative estimate of drug-likeness (QED) is 0.649. The normalized spacial score (nSPS) is 11.8. The number of halogens is 1. The monoisotopic (exact) mass is 414 g/mol. The summed E-state index contributed by atoms with van der Waals surface area (Å²) in [5.41, 5.74) is 2.63. The van der Waals surface area contributed by atoms with Gasteiger partial charge in [-0.15, -0.1) is 0 Å². The number of rotatable bonds is 5. The predicted molar refractivity (Wildman–Crippen MR) is 106 cm³/mol. The van der Waals surface area contributed by atoms with E-state index in [0.717, 1.165) is 26.6 Å². The fourth-order valence-electron chi connectivity index (χ4n) is 2.67. The highest BCUT2D eigenvalue weighted by Gasteiger charge is 2.09. The molecule has 134 valence electrons. The van der Waals surface area contributed by atoms with Crippen LogP contribution in [0.15, 0.2) is 47.1 Å². The number of methoxy groups -OCH3 is 1. The van der Waals surface area contributed by atoms with E-state index in [4.69, 9.17) is 4.74 Å². The van der Waals surface area contributed by atoms with Crippen molar-refractivity contribution in [3.63, 3.8) is 0 Å². The van der Waals surface area contributed by atoms with Gasteiger partial charge in [0.05, 0.1) is 13.2 Å². The van der Waals surface area contributed by atoms with Crippen LogP contribution in [0.1, 0.15) is 25.5 Å². The number of fused-ring (bicyclic) bond motifs is 1. The number of aromatic nitrogens is 2. The van der Waals surface area contributed by atoms with Gasteiger partial charge in [0, 0.05) is 28.7 Å². The highest BCUT2D eigenvalue weighted by atomic mass is 79.9. The van der Waals surface area contributed by atoms with Crippen molar-refractivity contribution in [1.82, 2.24) is 15.3 Å². The SMILES string of the molecule is COc1cc(Br)cc2cnc(Nc3ccc([C@@H](C)NC(C)=O)cc3)nc12. The fraction of sp³-hybridized carbons (Fsp3) is 0.211. The van der Waals surface area contributed by atoms with E-state index in [9.17, 15) is 4.79 Å². The first-order valence-electron chi connectivity index (χ1n) is 8.10. The van der Waals surface area contributed by atoms with E-state index in [2.05, 4.69) is 36.5 Å². The lowest BCUT2D eigenvalue weighted by Gasteiger charge is -2.14. The van der Waals surface area contributed by atoms with Crippen molar-refractivity contribution in [2.45, 2.75) is 19.9 Å². The Labute approximate surface area is 160 Å². The van der Waals surface area contributed by atoms with Gasteiger partial charge in [-0.25, -0.2) is 9.97 Å². The summed E-state index contributed by atoms with van der Waals surface area (Å²) in [5.74, 6) is 1.12. The molecule has 0 bridgehead atoms. The van der Waals surface area contributed by atoms with E-state index >= 15 is 0 Å². The maximum atomic E-state index is 11.2. The van der Waals surface area contributed by atoms with Crippen LogP contribution < -0.4 is 15.4 Å². The van der Waals surface area contributed by atoms with Crippen molar-refractivity contribution >= 4 is 44.4 Å². The molecule has 7 heteroatoms. The van der Waals surface area contributed by atoms with Gasteiger partial charge in [0.2, 0.25) is 11.9 Å². The number of hydrogen-bond acceptors (Lipinski definition) is 5. The Morgan fingerprint density at radius 3 is 2.62 bits per heavy atom. The predicted octanol–water partition coefficient (Wildman–Crippen LogP) is 4.34. The molecular formula is C19H19BrN4O2. The summed E-state index contributed by atoms with van der Waals surface area (Å²) in [6.07, 6.45) is 1.76. The molecule has 1 amide bonds. The van der Waals surface area contributed by atoms with Gasteiger partial charge in [-0.05, 0) is 36.8 Å². The molecule has 2 aromatic carbocycles. The maximum absolute atomic E-state index is 11.2. The molecule has 0 aliphatic rings. The Morgan fingerprint density at radius 2 is 1.96 bits per heavy atom. The zero-order chi connectivity index (χ0) is 18.7. The van der Waals surface area contributed by atoms with Gasteiger partial charge >= 0.3 is 0 Å². The molecule has 0 aliphatic carbocycles. The summed E-state index contributed by atoms with van der Waals surface area (Å²) in [6.45, 7) is 3.46. The molecule has 0 spiro atoms. The number of anilines is 2. The average molecular weight is 415 g/mol. The number of amides is 1. The van der Waals surface area contributed by atoms with Gasteiger partial charge in [0.1, 0.15) is 11.3 Å². The highest BCUT2D eigenvalue weighted by Crippen LogP contribution is 2.29. The summed E-state index contributed by atoms with van der Waals surface area (Å²) in [4.78, 5) is 20.1. The Hall–Kier alpha value is -2.67. The van der Waals surface area contributed by atoms with Gasteiger partial charge in [0.15, 0.2) is 0 Å². The second-order valence-electron chi connectivity index (χ2n) is 5.91. The molecule has 0 unspecified atom stereocenters. The van der Waals surface area contributed by atoms with E-state index in [-0.39, 0.29) is 11.9 Å². The molecule has 2 N–H and O–H groups in total.